The number of nitrogens with zero attached hydrogens (tertiary/aromatic N) is 1. The molecule has 0 aliphatic rings. The maximum atomic E-state index is 13.0. The van der Waals surface area contributed by atoms with Gasteiger partial charge in [-0.3, -0.25) is 4.79 Å². The van der Waals surface area contributed by atoms with Gasteiger partial charge in [-0.2, -0.15) is 0 Å². The van der Waals surface area contributed by atoms with Crippen molar-refractivity contribution in [1.82, 2.24) is 4.90 Å². The standard InChI is InChI=1S/C19H23FN2O.ClH/c1-13(18(21)16-7-5-4-6-8-16)19(23)22(3)14(2)15-9-11-17(20)12-10-15;/h4-14,18H,21H2,1-3H3;1H. The number of carbonyl (C=O) groups excluding carboxylic acids is 1. The van der Waals surface area contributed by atoms with Crippen LogP contribution in [-0.4, -0.2) is 17.9 Å². The molecule has 0 saturated heterocycles. The Labute approximate surface area is 149 Å². The number of rotatable bonds is 5. The highest BCUT2D eigenvalue weighted by Crippen LogP contribution is 2.25. The van der Waals surface area contributed by atoms with Crippen LogP contribution in [0.4, 0.5) is 4.39 Å². The van der Waals surface area contributed by atoms with Crippen molar-refractivity contribution in [2.75, 3.05) is 7.05 Å². The first-order valence-corrected chi connectivity index (χ1v) is 7.74. The van der Waals surface area contributed by atoms with Crippen LogP contribution in [-0.2, 0) is 4.79 Å². The van der Waals surface area contributed by atoms with E-state index >= 15 is 0 Å². The Kier molecular flexibility index (Phi) is 7.39. The minimum atomic E-state index is -0.355. The van der Waals surface area contributed by atoms with E-state index in [9.17, 15) is 9.18 Å². The van der Waals surface area contributed by atoms with E-state index in [4.69, 9.17) is 5.73 Å². The van der Waals surface area contributed by atoms with Crippen molar-refractivity contribution >= 4 is 18.3 Å². The van der Waals surface area contributed by atoms with Gasteiger partial charge in [0, 0.05) is 13.1 Å². The fourth-order valence-electron chi connectivity index (χ4n) is 2.59. The predicted molar refractivity (Wildman–Crippen MR) is 97.4 cm³/mol. The van der Waals surface area contributed by atoms with Gasteiger partial charge in [0.1, 0.15) is 5.82 Å². The molecule has 0 aliphatic carbocycles. The Morgan fingerprint density at radius 2 is 1.54 bits per heavy atom. The lowest BCUT2D eigenvalue weighted by atomic mass is 9.93. The quantitative estimate of drug-likeness (QED) is 0.882. The SMILES string of the molecule is CC(C(=O)N(C)C(C)c1ccc(F)cc1)C(N)c1ccccc1.Cl. The average molecular weight is 351 g/mol. The summed E-state index contributed by atoms with van der Waals surface area (Å²) in [5.74, 6) is -0.655. The molecule has 1 amide bonds. The van der Waals surface area contributed by atoms with E-state index in [0.717, 1.165) is 11.1 Å². The fourth-order valence-corrected chi connectivity index (χ4v) is 2.59. The highest BCUT2D eigenvalue weighted by atomic mass is 35.5. The normalized spacial score (nSPS) is 14.2. The van der Waals surface area contributed by atoms with Crippen LogP contribution in [0.3, 0.4) is 0 Å². The van der Waals surface area contributed by atoms with Gasteiger partial charge in [0.05, 0.1) is 12.0 Å². The molecule has 2 N–H and O–H groups in total. The molecule has 2 aromatic carbocycles. The van der Waals surface area contributed by atoms with E-state index < -0.39 is 0 Å². The topological polar surface area (TPSA) is 46.3 Å². The molecule has 24 heavy (non-hydrogen) atoms. The van der Waals surface area contributed by atoms with Gasteiger partial charge in [0.15, 0.2) is 0 Å². The van der Waals surface area contributed by atoms with Crippen LogP contribution in [0.2, 0.25) is 0 Å². The van der Waals surface area contributed by atoms with Gasteiger partial charge in [-0.15, -0.1) is 12.4 Å². The van der Waals surface area contributed by atoms with E-state index in [1.165, 1.54) is 12.1 Å². The third-order valence-corrected chi connectivity index (χ3v) is 4.39. The van der Waals surface area contributed by atoms with Crippen LogP contribution < -0.4 is 5.73 Å². The Bertz CT molecular complexity index is 648. The lowest BCUT2D eigenvalue weighted by Gasteiger charge is -2.30. The summed E-state index contributed by atoms with van der Waals surface area (Å²) in [6.45, 7) is 3.76. The summed E-state index contributed by atoms with van der Waals surface area (Å²) in [6, 6.07) is 15.3. The molecular formula is C19H24ClFN2O. The van der Waals surface area contributed by atoms with Crippen molar-refractivity contribution in [3.8, 4) is 0 Å². The van der Waals surface area contributed by atoms with Gasteiger partial charge < -0.3 is 10.6 Å². The summed E-state index contributed by atoms with van der Waals surface area (Å²) in [7, 11) is 1.75. The molecule has 2 aromatic rings. The molecular weight excluding hydrogens is 327 g/mol. The molecule has 130 valence electrons. The van der Waals surface area contributed by atoms with E-state index in [1.807, 2.05) is 44.2 Å². The van der Waals surface area contributed by atoms with Crippen molar-refractivity contribution in [3.05, 3.63) is 71.5 Å². The minimum absolute atomic E-state index is 0. The Balaban J connectivity index is 0.00000288. The van der Waals surface area contributed by atoms with E-state index in [0.29, 0.717) is 0 Å². The van der Waals surface area contributed by atoms with E-state index in [2.05, 4.69) is 0 Å². The van der Waals surface area contributed by atoms with Gasteiger partial charge >= 0.3 is 0 Å². The van der Waals surface area contributed by atoms with Crippen molar-refractivity contribution in [2.45, 2.75) is 25.9 Å². The van der Waals surface area contributed by atoms with Crippen molar-refractivity contribution < 1.29 is 9.18 Å². The van der Waals surface area contributed by atoms with Gasteiger partial charge in [-0.25, -0.2) is 4.39 Å². The number of hydrogen-bond donors (Lipinski definition) is 1. The first kappa shape index (κ1) is 20.1. The molecule has 0 bridgehead atoms. The number of carbonyl (C=O) groups is 1. The Morgan fingerprint density at radius 1 is 1.00 bits per heavy atom. The van der Waals surface area contributed by atoms with Gasteiger partial charge in [-0.1, -0.05) is 49.4 Å². The zero-order chi connectivity index (χ0) is 17.0. The van der Waals surface area contributed by atoms with E-state index in [-0.39, 0.29) is 42.1 Å². The molecule has 0 saturated carbocycles. The summed E-state index contributed by atoms with van der Waals surface area (Å²) < 4.78 is 13.0. The fraction of sp³-hybridized carbons (Fsp3) is 0.316. The summed E-state index contributed by atoms with van der Waals surface area (Å²) in [5.41, 5.74) is 8.07. The van der Waals surface area contributed by atoms with Gasteiger partial charge in [0.2, 0.25) is 5.91 Å². The predicted octanol–water partition coefficient (Wildman–Crippen LogP) is 4.10. The highest BCUT2D eigenvalue weighted by molar-refractivity contribution is 5.85. The van der Waals surface area contributed by atoms with Gasteiger partial charge in [0.25, 0.3) is 0 Å². The van der Waals surface area contributed by atoms with Crippen LogP contribution in [0, 0.1) is 11.7 Å². The highest BCUT2D eigenvalue weighted by Gasteiger charge is 2.27. The average Bonchev–Trinajstić information content (AvgIpc) is 2.60. The molecule has 0 radical (unpaired) electrons. The Morgan fingerprint density at radius 3 is 2.08 bits per heavy atom. The van der Waals surface area contributed by atoms with Crippen LogP contribution in [0.1, 0.15) is 37.1 Å². The molecule has 3 unspecified atom stereocenters. The van der Waals surface area contributed by atoms with Crippen molar-refractivity contribution in [3.63, 3.8) is 0 Å². The molecule has 3 nitrogen and oxygen atoms in total. The molecule has 2 rings (SSSR count). The second-order valence-corrected chi connectivity index (χ2v) is 5.90. The molecule has 0 aliphatic heterocycles. The number of nitrogens with two attached hydrogens (primary N) is 1. The first-order chi connectivity index (χ1) is 10.9. The van der Waals surface area contributed by atoms with Crippen LogP contribution >= 0.6 is 12.4 Å². The molecule has 3 atom stereocenters. The zero-order valence-electron chi connectivity index (χ0n) is 14.1. The zero-order valence-corrected chi connectivity index (χ0v) is 15.0. The first-order valence-electron chi connectivity index (χ1n) is 7.74. The summed E-state index contributed by atoms with van der Waals surface area (Å²) in [5, 5.41) is 0. The third-order valence-electron chi connectivity index (χ3n) is 4.39. The smallest absolute Gasteiger partial charge is 0.227 e. The number of benzene rings is 2. The maximum Gasteiger partial charge on any atom is 0.227 e. The third kappa shape index (κ3) is 4.56. The maximum absolute atomic E-state index is 13.0. The van der Waals surface area contributed by atoms with Crippen molar-refractivity contribution in [1.29, 1.82) is 0 Å². The monoisotopic (exact) mass is 350 g/mol. The summed E-state index contributed by atoms with van der Waals surface area (Å²) >= 11 is 0. The van der Waals surface area contributed by atoms with Gasteiger partial charge in [-0.05, 0) is 30.2 Å². The largest absolute Gasteiger partial charge is 0.339 e. The minimum Gasteiger partial charge on any atom is -0.339 e. The molecule has 0 heterocycles. The van der Waals surface area contributed by atoms with Crippen LogP contribution in [0.15, 0.2) is 54.6 Å². The number of halogens is 2. The molecule has 0 fully saturated rings. The molecule has 0 spiro atoms. The number of hydrogen-bond acceptors (Lipinski definition) is 2. The second kappa shape index (κ2) is 8.81. The Hall–Kier alpha value is -1.91. The van der Waals surface area contributed by atoms with Crippen LogP contribution in [0.5, 0.6) is 0 Å². The lowest BCUT2D eigenvalue weighted by molar-refractivity contribution is -0.136. The number of amides is 1. The van der Waals surface area contributed by atoms with Crippen molar-refractivity contribution in [2.24, 2.45) is 11.7 Å². The molecule has 5 heteroatoms. The van der Waals surface area contributed by atoms with E-state index in [1.54, 1.807) is 24.1 Å². The lowest BCUT2D eigenvalue weighted by Crippen LogP contribution is -2.38. The van der Waals surface area contributed by atoms with Crippen LogP contribution in [0.25, 0.3) is 0 Å². The summed E-state index contributed by atoms with van der Waals surface area (Å²) in [4.78, 5) is 14.4. The second-order valence-electron chi connectivity index (χ2n) is 5.90. The summed E-state index contributed by atoms with van der Waals surface area (Å²) in [6.07, 6.45) is 0. The molecule has 0 aromatic heterocycles.